The minimum absolute atomic E-state index is 0.225. The highest BCUT2D eigenvalue weighted by atomic mass is 79.9. The zero-order chi connectivity index (χ0) is 14.3. The van der Waals surface area contributed by atoms with Gasteiger partial charge in [-0.2, -0.15) is 0 Å². The van der Waals surface area contributed by atoms with Gasteiger partial charge in [-0.15, -0.1) is 0 Å². The monoisotopic (exact) mass is 325 g/mol. The van der Waals surface area contributed by atoms with Crippen LogP contribution in [0.3, 0.4) is 0 Å². The van der Waals surface area contributed by atoms with E-state index in [2.05, 4.69) is 32.6 Å². The molecule has 0 unspecified atom stereocenters. The van der Waals surface area contributed by atoms with Crippen molar-refractivity contribution in [2.45, 2.75) is 18.9 Å². The van der Waals surface area contributed by atoms with Crippen LogP contribution in [0.4, 0.5) is 0 Å². The van der Waals surface area contributed by atoms with Crippen molar-refractivity contribution in [3.63, 3.8) is 0 Å². The van der Waals surface area contributed by atoms with Crippen LogP contribution in [-0.2, 0) is 20.7 Å². The van der Waals surface area contributed by atoms with Crippen molar-refractivity contribution in [3.05, 3.63) is 47.0 Å². The van der Waals surface area contributed by atoms with E-state index >= 15 is 0 Å². The first-order valence-electron chi connectivity index (χ1n) is 5.77. The molecule has 4 nitrogen and oxygen atoms in total. The number of nitrogens with one attached hydrogen (secondary N) is 1. The molecule has 0 bridgehead atoms. The summed E-state index contributed by atoms with van der Waals surface area (Å²) in [7, 11) is 1.29. The molecule has 0 aliphatic rings. The van der Waals surface area contributed by atoms with E-state index in [0.717, 1.165) is 5.56 Å². The number of ether oxygens (including phenoxy) is 1. The molecular formula is C14H16BrNO3. The predicted molar refractivity (Wildman–Crippen MR) is 76.8 cm³/mol. The van der Waals surface area contributed by atoms with E-state index in [1.165, 1.54) is 7.11 Å². The van der Waals surface area contributed by atoms with Crippen LogP contribution in [0, 0.1) is 0 Å². The summed E-state index contributed by atoms with van der Waals surface area (Å²) in [5.41, 5.74) is 0.890. The van der Waals surface area contributed by atoms with Gasteiger partial charge in [0.2, 0.25) is 5.91 Å². The molecule has 0 spiro atoms. The third-order valence-electron chi connectivity index (χ3n) is 2.45. The van der Waals surface area contributed by atoms with Crippen molar-refractivity contribution in [2.75, 3.05) is 7.11 Å². The van der Waals surface area contributed by atoms with E-state index < -0.39 is 12.0 Å². The first kappa shape index (κ1) is 15.4. The Morgan fingerprint density at radius 2 is 2.00 bits per heavy atom. The van der Waals surface area contributed by atoms with Crippen LogP contribution < -0.4 is 5.32 Å². The number of methoxy groups -OCH3 is 1. The van der Waals surface area contributed by atoms with Crippen LogP contribution in [0.1, 0.15) is 12.0 Å². The van der Waals surface area contributed by atoms with E-state index in [4.69, 9.17) is 0 Å². The average molecular weight is 326 g/mol. The van der Waals surface area contributed by atoms with E-state index in [0.29, 0.717) is 10.9 Å². The van der Waals surface area contributed by atoms with Gasteiger partial charge in [-0.25, -0.2) is 4.79 Å². The fourth-order valence-corrected chi connectivity index (χ4v) is 1.91. The van der Waals surface area contributed by atoms with Crippen LogP contribution in [0.5, 0.6) is 0 Å². The van der Waals surface area contributed by atoms with Crippen LogP contribution >= 0.6 is 15.9 Å². The van der Waals surface area contributed by atoms with Crippen LogP contribution in [0.25, 0.3) is 0 Å². The van der Waals surface area contributed by atoms with Gasteiger partial charge in [0.1, 0.15) is 6.04 Å². The van der Waals surface area contributed by atoms with Gasteiger partial charge in [-0.1, -0.05) is 52.8 Å². The van der Waals surface area contributed by atoms with Crippen molar-refractivity contribution in [1.82, 2.24) is 5.32 Å². The fraction of sp³-hybridized carbons (Fsp3) is 0.286. The van der Waals surface area contributed by atoms with E-state index in [1.807, 2.05) is 30.3 Å². The maximum Gasteiger partial charge on any atom is 0.328 e. The summed E-state index contributed by atoms with van der Waals surface area (Å²) in [4.78, 5) is 23.4. The predicted octanol–water partition coefficient (Wildman–Crippen LogP) is 2.19. The highest BCUT2D eigenvalue weighted by Crippen LogP contribution is 2.11. The fourth-order valence-electron chi connectivity index (χ4n) is 1.58. The molecule has 0 radical (unpaired) electrons. The number of esters is 1. The summed E-state index contributed by atoms with van der Waals surface area (Å²) in [5.74, 6) is -0.711. The third kappa shape index (κ3) is 5.70. The average Bonchev–Trinajstić information content (AvgIpc) is 2.37. The van der Waals surface area contributed by atoms with Gasteiger partial charge in [0.15, 0.2) is 0 Å². The number of benzene rings is 1. The molecule has 0 saturated heterocycles. The van der Waals surface area contributed by atoms with Crippen LogP contribution in [-0.4, -0.2) is 25.0 Å². The number of halogens is 1. The van der Waals surface area contributed by atoms with E-state index in [-0.39, 0.29) is 12.3 Å². The summed E-state index contributed by atoms with van der Waals surface area (Å²) >= 11 is 3.18. The van der Waals surface area contributed by atoms with E-state index in [9.17, 15) is 9.59 Å². The number of carbonyl (C=O) groups is 2. The zero-order valence-electron chi connectivity index (χ0n) is 10.7. The second-order valence-corrected chi connectivity index (χ2v) is 5.15. The Bertz CT molecular complexity index is 459. The first-order chi connectivity index (χ1) is 9.02. The minimum atomic E-state index is -0.715. The topological polar surface area (TPSA) is 55.4 Å². The summed E-state index contributed by atoms with van der Waals surface area (Å²) in [6.45, 7) is 3.66. The van der Waals surface area contributed by atoms with Crippen LogP contribution in [0.15, 0.2) is 41.4 Å². The molecular weight excluding hydrogens is 310 g/mol. The molecule has 1 aromatic rings. The highest BCUT2D eigenvalue weighted by Gasteiger charge is 2.21. The Hall–Kier alpha value is -1.62. The number of rotatable bonds is 6. The van der Waals surface area contributed by atoms with Crippen LogP contribution in [0.2, 0.25) is 0 Å². The maximum atomic E-state index is 11.9. The molecule has 1 rings (SSSR count). The lowest BCUT2D eigenvalue weighted by Gasteiger charge is -2.16. The normalized spacial score (nSPS) is 11.5. The summed E-state index contributed by atoms with van der Waals surface area (Å²) in [5, 5.41) is 2.64. The molecule has 5 heteroatoms. The van der Waals surface area contributed by atoms with Gasteiger partial charge in [0.25, 0.3) is 0 Å². The number of hydrogen-bond acceptors (Lipinski definition) is 3. The summed E-state index contributed by atoms with van der Waals surface area (Å²) in [6.07, 6.45) is 0.524. The molecule has 1 amide bonds. The van der Waals surface area contributed by atoms with Crippen molar-refractivity contribution < 1.29 is 14.3 Å². The molecule has 0 aromatic heterocycles. The first-order valence-corrected chi connectivity index (χ1v) is 6.56. The molecule has 0 aliphatic carbocycles. The molecule has 0 saturated carbocycles. The number of carbonyl (C=O) groups excluding carboxylic acids is 2. The van der Waals surface area contributed by atoms with Crippen molar-refractivity contribution in [3.8, 4) is 0 Å². The quantitative estimate of drug-likeness (QED) is 0.816. The molecule has 102 valence electrons. The second kappa shape index (κ2) is 7.74. The number of amides is 1. The van der Waals surface area contributed by atoms with Gasteiger partial charge in [0, 0.05) is 6.42 Å². The largest absolute Gasteiger partial charge is 0.467 e. The lowest BCUT2D eigenvalue weighted by molar-refractivity contribution is -0.144. The molecule has 1 N–H and O–H groups in total. The number of hydrogen-bond donors (Lipinski definition) is 1. The highest BCUT2D eigenvalue weighted by molar-refractivity contribution is 9.11. The van der Waals surface area contributed by atoms with Gasteiger partial charge >= 0.3 is 5.97 Å². The van der Waals surface area contributed by atoms with Gasteiger partial charge in [0.05, 0.1) is 13.5 Å². The molecule has 1 aromatic carbocycles. The molecule has 19 heavy (non-hydrogen) atoms. The second-order valence-electron chi connectivity index (χ2n) is 4.03. The summed E-state index contributed by atoms with van der Waals surface area (Å²) < 4.78 is 5.28. The van der Waals surface area contributed by atoms with Crippen molar-refractivity contribution >= 4 is 27.8 Å². The Morgan fingerprint density at radius 1 is 1.37 bits per heavy atom. The van der Waals surface area contributed by atoms with Crippen molar-refractivity contribution in [2.24, 2.45) is 0 Å². The smallest absolute Gasteiger partial charge is 0.328 e. The Kier molecular flexibility index (Phi) is 6.29. The lowest BCUT2D eigenvalue weighted by Crippen LogP contribution is -2.42. The summed E-state index contributed by atoms with van der Waals surface area (Å²) in [6, 6.07) is 8.61. The molecule has 1 atom stereocenters. The standard InChI is InChI=1S/C14H16BrNO3/c1-10(15)8-12(14(18)19-2)16-13(17)9-11-6-4-3-5-7-11/h3-7,12H,1,8-9H2,2H3,(H,16,17)/t12-/m0/s1. The molecule has 0 heterocycles. The van der Waals surface area contributed by atoms with Gasteiger partial charge in [-0.05, 0) is 10.0 Å². The minimum Gasteiger partial charge on any atom is -0.467 e. The zero-order valence-corrected chi connectivity index (χ0v) is 12.3. The Labute approximate surface area is 121 Å². The maximum absolute atomic E-state index is 11.9. The lowest BCUT2D eigenvalue weighted by atomic mass is 10.1. The Morgan fingerprint density at radius 3 is 2.53 bits per heavy atom. The van der Waals surface area contributed by atoms with Gasteiger partial charge in [-0.3, -0.25) is 4.79 Å². The third-order valence-corrected chi connectivity index (χ3v) is 2.78. The van der Waals surface area contributed by atoms with Gasteiger partial charge < -0.3 is 10.1 Å². The van der Waals surface area contributed by atoms with E-state index in [1.54, 1.807) is 0 Å². The SMILES string of the molecule is C=C(Br)C[C@H](NC(=O)Cc1ccccc1)C(=O)OC. The molecule has 0 aliphatic heterocycles. The molecule has 0 fully saturated rings. The Balaban J connectivity index is 2.61. The van der Waals surface area contributed by atoms with Crippen molar-refractivity contribution in [1.29, 1.82) is 0 Å².